The fourth-order valence-corrected chi connectivity index (χ4v) is 1.90. The molecule has 0 saturated heterocycles. The summed E-state index contributed by atoms with van der Waals surface area (Å²) in [6, 6.07) is 1.92. The highest BCUT2D eigenvalue weighted by Gasteiger charge is 2.16. The minimum Gasteiger partial charge on any atom is -0.368 e. The number of aromatic nitrogens is 2. The fourth-order valence-electron chi connectivity index (χ4n) is 1.23. The molecule has 2 aromatic rings. The van der Waals surface area contributed by atoms with E-state index in [4.69, 9.17) is 5.73 Å². The van der Waals surface area contributed by atoms with Crippen molar-refractivity contribution in [2.24, 2.45) is 0 Å². The maximum absolute atomic E-state index is 10.7. The second kappa shape index (κ2) is 4.74. The van der Waals surface area contributed by atoms with Crippen LogP contribution in [0.15, 0.2) is 23.0 Å². The molecule has 3 N–H and O–H groups in total. The molecule has 0 unspecified atom stereocenters. The van der Waals surface area contributed by atoms with E-state index in [1.165, 1.54) is 0 Å². The van der Waals surface area contributed by atoms with Gasteiger partial charge in [0.25, 0.3) is 0 Å². The van der Waals surface area contributed by atoms with E-state index in [0.29, 0.717) is 6.54 Å². The predicted molar refractivity (Wildman–Crippen MR) is 64.7 cm³/mol. The van der Waals surface area contributed by atoms with Crippen molar-refractivity contribution in [2.45, 2.75) is 6.54 Å². The lowest BCUT2D eigenvalue weighted by molar-refractivity contribution is -0.384. The third-order valence-electron chi connectivity index (χ3n) is 2.02. The quantitative estimate of drug-likeness (QED) is 0.631. The minimum atomic E-state index is -0.546. The number of nitrogens with zero attached hydrogens (tertiary/aromatic N) is 3. The Bertz CT molecular complexity index is 528. The summed E-state index contributed by atoms with van der Waals surface area (Å²) in [5, 5.41) is 17.5. The van der Waals surface area contributed by atoms with Gasteiger partial charge in [-0.15, -0.1) is 0 Å². The molecule has 0 atom stereocenters. The average molecular weight is 251 g/mol. The van der Waals surface area contributed by atoms with Crippen LogP contribution in [0, 0.1) is 10.1 Å². The third kappa shape index (κ3) is 2.67. The highest BCUT2D eigenvalue weighted by Crippen LogP contribution is 2.21. The molecule has 0 radical (unpaired) electrons. The molecule has 88 valence electrons. The van der Waals surface area contributed by atoms with Crippen molar-refractivity contribution in [3.63, 3.8) is 0 Å². The molecule has 17 heavy (non-hydrogen) atoms. The Morgan fingerprint density at radius 2 is 2.41 bits per heavy atom. The molecule has 2 rings (SSSR count). The summed E-state index contributed by atoms with van der Waals surface area (Å²) in [6.45, 7) is 0.459. The maximum atomic E-state index is 10.7. The highest BCUT2D eigenvalue weighted by atomic mass is 32.1. The van der Waals surface area contributed by atoms with Gasteiger partial charge in [0.15, 0.2) is 0 Å². The van der Waals surface area contributed by atoms with Gasteiger partial charge in [-0.2, -0.15) is 16.3 Å². The summed E-state index contributed by atoms with van der Waals surface area (Å²) in [5.41, 5.74) is 6.24. The van der Waals surface area contributed by atoms with Gasteiger partial charge >= 0.3 is 5.69 Å². The number of nitrogens with two attached hydrogens (primary N) is 1. The second-order valence-corrected chi connectivity index (χ2v) is 3.98. The van der Waals surface area contributed by atoms with Crippen molar-refractivity contribution in [3.05, 3.63) is 38.7 Å². The van der Waals surface area contributed by atoms with Crippen LogP contribution >= 0.6 is 11.3 Å². The van der Waals surface area contributed by atoms with Gasteiger partial charge < -0.3 is 11.1 Å². The van der Waals surface area contributed by atoms with E-state index >= 15 is 0 Å². The zero-order valence-electron chi connectivity index (χ0n) is 8.66. The van der Waals surface area contributed by atoms with Crippen LogP contribution in [0.4, 0.5) is 17.5 Å². The van der Waals surface area contributed by atoms with Gasteiger partial charge in [-0.1, -0.05) is 0 Å². The molecular formula is C9H9N5O2S. The molecule has 0 aliphatic carbocycles. The van der Waals surface area contributed by atoms with Crippen molar-refractivity contribution in [1.29, 1.82) is 0 Å². The summed E-state index contributed by atoms with van der Waals surface area (Å²) < 4.78 is 0. The number of hydrogen-bond acceptors (Lipinski definition) is 7. The fraction of sp³-hybridized carbons (Fsp3) is 0.111. The van der Waals surface area contributed by atoms with Crippen LogP contribution in [-0.4, -0.2) is 14.9 Å². The minimum absolute atomic E-state index is 0.00317. The van der Waals surface area contributed by atoms with E-state index in [-0.39, 0.29) is 17.5 Å². The number of rotatable bonds is 4. The lowest BCUT2D eigenvalue weighted by atomic mass is 10.3. The van der Waals surface area contributed by atoms with Crippen LogP contribution in [0.5, 0.6) is 0 Å². The van der Waals surface area contributed by atoms with Gasteiger partial charge in [0.05, 0.1) is 4.92 Å². The number of nitrogens with one attached hydrogen (secondary N) is 1. The first-order valence-electron chi connectivity index (χ1n) is 4.68. The zero-order chi connectivity index (χ0) is 12.3. The van der Waals surface area contributed by atoms with Crippen molar-refractivity contribution in [1.82, 2.24) is 9.97 Å². The molecule has 0 aliphatic heterocycles. The number of anilines is 2. The molecule has 0 fully saturated rings. The monoisotopic (exact) mass is 251 g/mol. The third-order valence-corrected chi connectivity index (χ3v) is 2.76. The van der Waals surface area contributed by atoms with E-state index in [2.05, 4.69) is 15.3 Å². The molecule has 0 aromatic carbocycles. The molecule has 0 spiro atoms. The standard InChI is InChI=1S/C9H9N5O2S/c10-9-12-4-7(14(15)16)8(13-9)11-3-6-1-2-17-5-6/h1-2,4-5H,3H2,(H3,10,11,12,13). The van der Waals surface area contributed by atoms with Crippen LogP contribution in [0.25, 0.3) is 0 Å². The van der Waals surface area contributed by atoms with Crippen molar-refractivity contribution < 1.29 is 4.92 Å². The van der Waals surface area contributed by atoms with Crippen molar-refractivity contribution >= 4 is 28.8 Å². The molecular weight excluding hydrogens is 242 g/mol. The average Bonchev–Trinajstić information content (AvgIpc) is 2.78. The Hall–Kier alpha value is -2.22. The molecule has 2 aromatic heterocycles. The molecule has 0 saturated carbocycles. The van der Waals surface area contributed by atoms with E-state index < -0.39 is 4.92 Å². The van der Waals surface area contributed by atoms with E-state index in [9.17, 15) is 10.1 Å². The van der Waals surface area contributed by atoms with Gasteiger partial charge in [-0.3, -0.25) is 10.1 Å². The Morgan fingerprint density at radius 1 is 1.59 bits per heavy atom. The van der Waals surface area contributed by atoms with Gasteiger partial charge in [0.2, 0.25) is 11.8 Å². The van der Waals surface area contributed by atoms with Crippen LogP contribution in [0.3, 0.4) is 0 Å². The Kier molecular flexibility index (Phi) is 3.15. The summed E-state index contributed by atoms with van der Waals surface area (Å²) in [4.78, 5) is 17.6. The van der Waals surface area contributed by atoms with Gasteiger partial charge in [0.1, 0.15) is 6.20 Å². The SMILES string of the molecule is Nc1ncc([N+](=O)[O-])c(NCc2ccsc2)n1. The van der Waals surface area contributed by atoms with Gasteiger partial charge in [-0.05, 0) is 22.4 Å². The van der Waals surface area contributed by atoms with Gasteiger partial charge in [0, 0.05) is 6.54 Å². The van der Waals surface area contributed by atoms with Crippen LogP contribution < -0.4 is 11.1 Å². The first kappa shape index (κ1) is 11.3. The van der Waals surface area contributed by atoms with Crippen molar-refractivity contribution in [3.8, 4) is 0 Å². The lowest BCUT2D eigenvalue weighted by Crippen LogP contribution is -2.07. The van der Waals surface area contributed by atoms with E-state index in [0.717, 1.165) is 11.8 Å². The molecule has 0 aliphatic rings. The zero-order valence-corrected chi connectivity index (χ0v) is 9.48. The highest BCUT2D eigenvalue weighted by molar-refractivity contribution is 7.07. The van der Waals surface area contributed by atoms with Gasteiger partial charge in [-0.25, -0.2) is 4.98 Å². The molecule has 0 amide bonds. The molecule has 8 heteroatoms. The van der Waals surface area contributed by atoms with Crippen LogP contribution in [0.2, 0.25) is 0 Å². The normalized spacial score (nSPS) is 10.1. The number of thiophene rings is 1. The first-order chi connectivity index (χ1) is 8.16. The summed E-state index contributed by atoms with van der Waals surface area (Å²) in [6.07, 6.45) is 1.10. The van der Waals surface area contributed by atoms with Crippen molar-refractivity contribution in [2.75, 3.05) is 11.1 Å². The molecule has 0 bridgehead atoms. The smallest absolute Gasteiger partial charge is 0.329 e. The Morgan fingerprint density at radius 3 is 3.06 bits per heavy atom. The van der Waals surface area contributed by atoms with E-state index in [1.807, 2.05) is 16.8 Å². The summed E-state index contributed by atoms with van der Waals surface area (Å²) in [7, 11) is 0. The predicted octanol–water partition coefficient (Wildman–Crippen LogP) is 1.64. The Balaban J connectivity index is 2.19. The topological polar surface area (TPSA) is 107 Å². The van der Waals surface area contributed by atoms with Crippen LogP contribution in [0.1, 0.15) is 5.56 Å². The van der Waals surface area contributed by atoms with Crippen LogP contribution in [-0.2, 0) is 6.54 Å². The first-order valence-corrected chi connectivity index (χ1v) is 5.63. The Labute approximate surface area is 100 Å². The number of nitrogen functional groups attached to an aromatic ring is 1. The number of nitro groups is 1. The summed E-state index contributed by atoms with van der Waals surface area (Å²) >= 11 is 1.56. The molecule has 2 heterocycles. The summed E-state index contributed by atoms with van der Waals surface area (Å²) in [5.74, 6) is 0.136. The second-order valence-electron chi connectivity index (χ2n) is 3.20. The maximum Gasteiger partial charge on any atom is 0.329 e. The largest absolute Gasteiger partial charge is 0.368 e. The lowest BCUT2D eigenvalue weighted by Gasteiger charge is -2.04. The van der Waals surface area contributed by atoms with E-state index in [1.54, 1.807) is 11.3 Å². The molecule has 7 nitrogen and oxygen atoms in total. The number of hydrogen-bond donors (Lipinski definition) is 2.